The quantitative estimate of drug-likeness (QED) is 0.246. The molecule has 0 aromatic heterocycles. The minimum absolute atomic E-state index is 0.0183. The minimum Gasteiger partial charge on any atom is -0.465 e. The molecule has 6 N–H and O–H groups in total. The van der Waals surface area contributed by atoms with Gasteiger partial charge in [-0.05, 0) is 12.1 Å². The zero-order valence-corrected chi connectivity index (χ0v) is 16.6. The number of para-hydroxylation sites is 1. The highest BCUT2D eigenvalue weighted by Crippen LogP contribution is 2.28. The monoisotopic (exact) mass is 446 g/mol. The highest BCUT2D eigenvalue weighted by atomic mass is 16.7. The van der Waals surface area contributed by atoms with E-state index in [0.717, 1.165) is 0 Å². The third-order valence-electron chi connectivity index (χ3n) is 5.08. The predicted octanol–water partition coefficient (Wildman–Crippen LogP) is -2.88. The zero-order valence-electron chi connectivity index (χ0n) is 16.6. The summed E-state index contributed by atoms with van der Waals surface area (Å²) in [6, 6.07) is 6.02. The summed E-state index contributed by atoms with van der Waals surface area (Å²) in [5.74, 6) is -0.671. The van der Waals surface area contributed by atoms with E-state index in [9.17, 15) is 35.4 Å². The molecule has 9 atom stereocenters. The van der Waals surface area contributed by atoms with Crippen LogP contribution in [0, 0.1) is 0 Å². The predicted molar refractivity (Wildman–Crippen MR) is 98.8 cm³/mol. The Morgan fingerprint density at radius 3 is 2.35 bits per heavy atom. The molecular formula is C19H26O12. The van der Waals surface area contributed by atoms with Crippen molar-refractivity contribution < 1.29 is 59.1 Å². The van der Waals surface area contributed by atoms with Crippen molar-refractivity contribution in [2.75, 3.05) is 20.3 Å². The normalized spacial score (nSPS) is 38.5. The number of hydrogen-bond donors (Lipinski definition) is 6. The van der Waals surface area contributed by atoms with Gasteiger partial charge in [0.15, 0.2) is 6.29 Å². The molecule has 0 bridgehead atoms. The molecular weight excluding hydrogens is 420 g/mol. The Kier molecular flexibility index (Phi) is 7.80. The van der Waals surface area contributed by atoms with Gasteiger partial charge in [0.2, 0.25) is 6.29 Å². The fraction of sp³-hybridized carbons (Fsp3) is 0.632. The van der Waals surface area contributed by atoms with Gasteiger partial charge >= 0.3 is 5.97 Å². The lowest BCUT2D eigenvalue weighted by atomic mass is 9.99. The van der Waals surface area contributed by atoms with E-state index in [1.807, 2.05) is 0 Å². The number of ether oxygens (including phenoxy) is 5. The number of rotatable bonds is 6. The molecule has 2 fully saturated rings. The van der Waals surface area contributed by atoms with E-state index < -0.39 is 67.9 Å². The molecule has 12 heteroatoms. The van der Waals surface area contributed by atoms with E-state index in [1.54, 1.807) is 12.1 Å². The van der Waals surface area contributed by atoms with Crippen LogP contribution in [0.2, 0.25) is 0 Å². The Balaban J connectivity index is 1.68. The Morgan fingerprint density at radius 2 is 1.65 bits per heavy atom. The van der Waals surface area contributed by atoms with Gasteiger partial charge in [0.25, 0.3) is 0 Å². The molecule has 0 aliphatic carbocycles. The van der Waals surface area contributed by atoms with Crippen molar-refractivity contribution in [1.29, 1.82) is 0 Å². The molecule has 2 heterocycles. The summed E-state index contributed by atoms with van der Waals surface area (Å²) in [6.07, 6.45) is -13.3. The van der Waals surface area contributed by atoms with Crippen LogP contribution >= 0.6 is 0 Å². The van der Waals surface area contributed by atoms with Crippen LogP contribution in [0.4, 0.5) is 0 Å². The second-order valence-electron chi connectivity index (χ2n) is 7.20. The summed E-state index contributed by atoms with van der Waals surface area (Å²) < 4.78 is 26.2. The first-order valence-corrected chi connectivity index (χ1v) is 9.55. The van der Waals surface area contributed by atoms with Gasteiger partial charge in [-0.25, -0.2) is 4.79 Å². The molecule has 2 aliphatic heterocycles. The van der Waals surface area contributed by atoms with Crippen LogP contribution in [0.25, 0.3) is 0 Å². The average Bonchev–Trinajstić information content (AvgIpc) is 2.78. The molecule has 174 valence electrons. The molecule has 0 amide bonds. The van der Waals surface area contributed by atoms with Crippen LogP contribution < -0.4 is 4.74 Å². The average molecular weight is 446 g/mol. The van der Waals surface area contributed by atoms with Gasteiger partial charge < -0.3 is 54.3 Å². The van der Waals surface area contributed by atoms with Crippen LogP contribution in [-0.2, 0) is 18.9 Å². The fourth-order valence-electron chi connectivity index (χ4n) is 3.24. The lowest BCUT2D eigenvalue weighted by Gasteiger charge is -2.41. The second-order valence-corrected chi connectivity index (χ2v) is 7.20. The van der Waals surface area contributed by atoms with Crippen LogP contribution in [0.3, 0.4) is 0 Å². The van der Waals surface area contributed by atoms with Gasteiger partial charge in [0.05, 0.1) is 20.3 Å². The molecule has 0 unspecified atom stereocenters. The van der Waals surface area contributed by atoms with Crippen molar-refractivity contribution in [2.45, 2.75) is 55.3 Å². The Hall–Kier alpha value is -1.87. The maximum Gasteiger partial charge on any atom is 0.341 e. The number of benzene rings is 1. The Bertz CT molecular complexity index is 744. The molecule has 2 saturated heterocycles. The van der Waals surface area contributed by atoms with E-state index >= 15 is 0 Å². The van der Waals surface area contributed by atoms with Crippen molar-refractivity contribution in [2.24, 2.45) is 0 Å². The van der Waals surface area contributed by atoms with E-state index in [0.29, 0.717) is 0 Å². The minimum atomic E-state index is -1.68. The van der Waals surface area contributed by atoms with Crippen LogP contribution in [0.15, 0.2) is 24.3 Å². The van der Waals surface area contributed by atoms with E-state index in [2.05, 4.69) is 4.74 Å². The molecule has 31 heavy (non-hydrogen) atoms. The summed E-state index contributed by atoms with van der Waals surface area (Å²) in [4.78, 5) is 11.9. The van der Waals surface area contributed by atoms with Gasteiger partial charge in [-0.15, -0.1) is 0 Å². The van der Waals surface area contributed by atoms with Crippen LogP contribution in [-0.4, -0.2) is 112 Å². The highest BCUT2D eigenvalue weighted by Gasteiger charge is 2.46. The molecule has 0 saturated carbocycles. The van der Waals surface area contributed by atoms with Gasteiger partial charge in [-0.3, -0.25) is 0 Å². The van der Waals surface area contributed by atoms with Crippen molar-refractivity contribution >= 4 is 5.97 Å². The van der Waals surface area contributed by atoms with Crippen LogP contribution in [0.1, 0.15) is 10.4 Å². The molecule has 2 aliphatic rings. The highest BCUT2D eigenvalue weighted by molar-refractivity contribution is 5.92. The van der Waals surface area contributed by atoms with Gasteiger partial charge in [0.1, 0.15) is 54.0 Å². The smallest absolute Gasteiger partial charge is 0.341 e. The second kappa shape index (κ2) is 10.2. The third-order valence-corrected chi connectivity index (χ3v) is 5.08. The molecule has 0 radical (unpaired) electrons. The number of esters is 1. The molecule has 3 rings (SSSR count). The van der Waals surface area contributed by atoms with Crippen molar-refractivity contribution in [3.63, 3.8) is 0 Å². The summed E-state index contributed by atoms with van der Waals surface area (Å²) >= 11 is 0. The molecule has 0 spiro atoms. The maximum atomic E-state index is 11.9. The number of hydrogen-bond acceptors (Lipinski definition) is 12. The maximum absolute atomic E-state index is 11.9. The number of aliphatic hydroxyl groups is 6. The number of carbonyl (C=O) groups is 1. The first-order chi connectivity index (χ1) is 14.7. The summed E-state index contributed by atoms with van der Waals surface area (Å²) in [7, 11) is 1.19. The van der Waals surface area contributed by atoms with Crippen LogP contribution in [0.5, 0.6) is 5.75 Å². The van der Waals surface area contributed by atoms with Crippen molar-refractivity contribution in [1.82, 2.24) is 0 Å². The van der Waals surface area contributed by atoms with Crippen molar-refractivity contribution in [3.8, 4) is 5.75 Å². The lowest BCUT2D eigenvalue weighted by molar-refractivity contribution is -0.307. The van der Waals surface area contributed by atoms with E-state index in [1.165, 1.54) is 19.2 Å². The Morgan fingerprint density at radius 1 is 0.968 bits per heavy atom. The number of methoxy groups -OCH3 is 1. The number of carbonyl (C=O) groups excluding carboxylic acids is 1. The summed E-state index contributed by atoms with van der Waals surface area (Å²) in [5, 5.41) is 59.8. The fourth-order valence-corrected chi connectivity index (χ4v) is 3.24. The Labute approximate surface area is 177 Å². The molecule has 12 nitrogen and oxygen atoms in total. The topological polar surface area (TPSA) is 185 Å². The van der Waals surface area contributed by atoms with Gasteiger partial charge in [-0.2, -0.15) is 0 Å². The zero-order chi connectivity index (χ0) is 22.7. The SMILES string of the molecule is COC(=O)c1ccccc1O[C@@H]1O[C@H](CO[C@@H]2OC[C@H](O)[C@H](O)[C@H]2O)[C@@H](O)[C@@H](O)[C@H]1O. The number of aliphatic hydroxyl groups excluding tert-OH is 6. The summed E-state index contributed by atoms with van der Waals surface area (Å²) in [6.45, 7) is -0.706. The van der Waals surface area contributed by atoms with Gasteiger partial charge in [0, 0.05) is 0 Å². The first kappa shape index (κ1) is 23.8. The summed E-state index contributed by atoms with van der Waals surface area (Å²) in [5.41, 5.74) is 0.0560. The van der Waals surface area contributed by atoms with E-state index in [-0.39, 0.29) is 17.9 Å². The molecule has 1 aromatic rings. The van der Waals surface area contributed by atoms with E-state index in [4.69, 9.17) is 18.9 Å². The standard InChI is InChI=1S/C19H26O12/c1-27-17(26)8-4-2-3-5-10(8)30-19-16(25)14(23)13(22)11(31-19)7-29-18-15(24)12(21)9(20)6-28-18/h2-5,9,11-16,18-25H,6-7H2,1H3/t9-,11+,12-,13+,14+,15+,16+,18-,19+/m0/s1. The largest absolute Gasteiger partial charge is 0.465 e. The van der Waals surface area contributed by atoms with Crippen molar-refractivity contribution in [3.05, 3.63) is 29.8 Å². The first-order valence-electron chi connectivity index (χ1n) is 9.55. The third kappa shape index (κ3) is 5.14. The molecule has 1 aromatic carbocycles. The lowest BCUT2D eigenvalue weighted by Crippen LogP contribution is -2.61. The van der Waals surface area contributed by atoms with Gasteiger partial charge in [-0.1, -0.05) is 12.1 Å².